The van der Waals surface area contributed by atoms with Gasteiger partial charge in [0.2, 0.25) is 0 Å². The first kappa shape index (κ1) is 15.7. The molecule has 0 spiro atoms. The van der Waals surface area contributed by atoms with Gasteiger partial charge in [-0.05, 0) is 24.3 Å². The van der Waals surface area contributed by atoms with Crippen molar-refractivity contribution in [3.8, 4) is 0 Å². The first-order chi connectivity index (χ1) is 6.71. The molecule has 0 saturated heterocycles. The van der Waals surface area contributed by atoms with Crippen LogP contribution in [0.5, 0.6) is 0 Å². The minimum Gasteiger partial charge on any atom is -0.156 e. The highest BCUT2D eigenvalue weighted by Gasteiger charge is 2.10. The van der Waals surface area contributed by atoms with Gasteiger partial charge in [0.15, 0.2) is 0 Å². The molecule has 0 amide bonds. The van der Waals surface area contributed by atoms with Gasteiger partial charge in [0.25, 0.3) is 0 Å². The normalized spacial score (nSPS) is 13.2. The molecule has 0 atom stereocenters. The molecule has 0 aliphatic heterocycles. The van der Waals surface area contributed by atoms with E-state index in [1.807, 2.05) is 0 Å². The van der Waals surface area contributed by atoms with Gasteiger partial charge in [-0.25, -0.2) is 0 Å². The maximum atomic E-state index is 2.30. The Morgan fingerprint density at radius 2 is 0.933 bits per heavy atom. The molecule has 0 saturated carbocycles. The van der Waals surface area contributed by atoms with Crippen molar-refractivity contribution in [1.82, 2.24) is 0 Å². The van der Waals surface area contributed by atoms with E-state index < -0.39 is 0 Å². The molecule has 0 bridgehead atoms. The average molecular weight is 249 g/mol. The lowest BCUT2D eigenvalue weighted by atomic mass is 10.2. The zero-order chi connectivity index (χ0) is 11.9. The maximum Gasteiger partial charge on any atom is 0.00750 e. The fourth-order valence-electron chi connectivity index (χ4n) is 1.14. The van der Waals surface area contributed by atoms with E-state index in [-0.39, 0.29) is 0 Å². The van der Waals surface area contributed by atoms with Gasteiger partial charge in [0, 0.05) is 9.49 Å². The lowest BCUT2D eigenvalue weighted by Gasteiger charge is -2.18. The molecule has 2 heteroatoms. The Bertz CT molecular complexity index is 133. The van der Waals surface area contributed by atoms with Gasteiger partial charge in [0.1, 0.15) is 0 Å². The smallest absolute Gasteiger partial charge is 0.00750 e. The van der Waals surface area contributed by atoms with Crippen molar-refractivity contribution in [2.45, 2.75) is 70.3 Å². The van der Waals surface area contributed by atoms with Crippen LogP contribution in [0, 0.1) is 0 Å². The predicted molar refractivity (Wildman–Crippen MR) is 78.3 cm³/mol. The summed E-state index contributed by atoms with van der Waals surface area (Å²) in [5, 5.41) is 0. The molecule has 0 aromatic heterocycles. The number of hydrogen-bond donors (Lipinski definition) is 0. The Labute approximate surface area is 105 Å². The van der Waals surface area contributed by atoms with Crippen molar-refractivity contribution in [2.75, 3.05) is 11.5 Å². The van der Waals surface area contributed by atoms with E-state index in [9.17, 15) is 0 Å². The minimum absolute atomic E-state index is 0.445. The van der Waals surface area contributed by atoms with Crippen LogP contribution in [0.3, 0.4) is 0 Å². The van der Waals surface area contributed by atoms with Crippen molar-refractivity contribution < 1.29 is 0 Å². The van der Waals surface area contributed by atoms with Gasteiger partial charge in [-0.3, -0.25) is 0 Å². The number of unbranched alkanes of at least 4 members (excludes halogenated alkanes) is 2. The summed E-state index contributed by atoms with van der Waals surface area (Å²) in [6.07, 6.45) is 4.16. The standard InChI is InChI=1S/C13H28S2/c1-12(2,3)14-10-8-7-9-11-15-13(4,5)6/h7-11H2,1-6H3. The first-order valence-corrected chi connectivity index (χ1v) is 7.96. The van der Waals surface area contributed by atoms with Crippen LogP contribution >= 0.6 is 23.5 Å². The van der Waals surface area contributed by atoms with Crippen molar-refractivity contribution in [1.29, 1.82) is 0 Å². The van der Waals surface area contributed by atoms with Crippen LogP contribution in [0.4, 0.5) is 0 Å². The van der Waals surface area contributed by atoms with Gasteiger partial charge < -0.3 is 0 Å². The zero-order valence-corrected chi connectivity index (χ0v) is 13.0. The molecule has 0 aromatic carbocycles. The molecular weight excluding hydrogens is 220 g/mol. The fourth-order valence-corrected chi connectivity index (χ4v) is 3.06. The number of rotatable bonds is 6. The van der Waals surface area contributed by atoms with Crippen molar-refractivity contribution >= 4 is 23.5 Å². The minimum atomic E-state index is 0.445. The molecule has 0 aliphatic carbocycles. The highest BCUT2D eigenvalue weighted by molar-refractivity contribution is 8.00. The van der Waals surface area contributed by atoms with E-state index in [0.29, 0.717) is 9.49 Å². The molecule has 0 unspecified atom stereocenters. The monoisotopic (exact) mass is 248 g/mol. The van der Waals surface area contributed by atoms with E-state index >= 15 is 0 Å². The molecule has 92 valence electrons. The third-order valence-corrected chi connectivity index (χ3v) is 4.58. The van der Waals surface area contributed by atoms with Gasteiger partial charge in [-0.2, -0.15) is 23.5 Å². The van der Waals surface area contributed by atoms with Gasteiger partial charge in [-0.1, -0.05) is 48.0 Å². The maximum absolute atomic E-state index is 2.30. The average Bonchev–Trinajstić information content (AvgIpc) is 1.98. The number of hydrogen-bond acceptors (Lipinski definition) is 2. The molecule has 0 radical (unpaired) electrons. The molecule has 0 aliphatic rings. The quantitative estimate of drug-likeness (QED) is 0.591. The van der Waals surface area contributed by atoms with Gasteiger partial charge in [-0.15, -0.1) is 0 Å². The summed E-state index contributed by atoms with van der Waals surface area (Å²) in [5.41, 5.74) is 0. The van der Waals surface area contributed by atoms with E-state index in [0.717, 1.165) is 0 Å². The SMILES string of the molecule is CC(C)(C)SCCCCCSC(C)(C)C. The summed E-state index contributed by atoms with van der Waals surface area (Å²) in [6, 6.07) is 0. The molecule has 0 N–H and O–H groups in total. The van der Waals surface area contributed by atoms with Crippen molar-refractivity contribution in [3.05, 3.63) is 0 Å². The van der Waals surface area contributed by atoms with Gasteiger partial charge >= 0.3 is 0 Å². The Kier molecular flexibility index (Phi) is 7.44. The third kappa shape index (κ3) is 14.7. The lowest BCUT2D eigenvalue weighted by Crippen LogP contribution is -2.09. The summed E-state index contributed by atoms with van der Waals surface area (Å²) in [7, 11) is 0. The second-order valence-electron chi connectivity index (χ2n) is 5.98. The Morgan fingerprint density at radius 3 is 1.20 bits per heavy atom. The Balaban J connectivity index is 3.20. The second-order valence-corrected chi connectivity index (χ2v) is 9.83. The summed E-state index contributed by atoms with van der Waals surface area (Å²) in [6.45, 7) is 13.8. The largest absolute Gasteiger partial charge is 0.156 e. The van der Waals surface area contributed by atoms with E-state index in [1.165, 1.54) is 30.8 Å². The van der Waals surface area contributed by atoms with Crippen LogP contribution < -0.4 is 0 Å². The van der Waals surface area contributed by atoms with Crippen LogP contribution in [0.2, 0.25) is 0 Å². The van der Waals surface area contributed by atoms with E-state index in [1.54, 1.807) is 0 Å². The summed E-state index contributed by atoms with van der Waals surface area (Å²) in [5.74, 6) is 2.65. The summed E-state index contributed by atoms with van der Waals surface area (Å²) < 4.78 is 0.889. The lowest BCUT2D eigenvalue weighted by molar-refractivity contribution is 0.757. The highest BCUT2D eigenvalue weighted by Crippen LogP contribution is 2.26. The highest BCUT2D eigenvalue weighted by atomic mass is 32.2. The third-order valence-electron chi connectivity index (χ3n) is 1.86. The van der Waals surface area contributed by atoms with Crippen LogP contribution in [-0.2, 0) is 0 Å². The molecule has 0 aromatic rings. The topological polar surface area (TPSA) is 0 Å². The number of thioether (sulfide) groups is 2. The second kappa shape index (κ2) is 7.11. The Hall–Kier alpha value is 0.700. The van der Waals surface area contributed by atoms with Crippen LogP contribution in [-0.4, -0.2) is 21.0 Å². The van der Waals surface area contributed by atoms with Crippen molar-refractivity contribution in [3.63, 3.8) is 0 Å². The van der Waals surface area contributed by atoms with E-state index in [4.69, 9.17) is 0 Å². The summed E-state index contributed by atoms with van der Waals surface area (Å²) in [4.78, 5) is 0. The summed E-state index contributed by atoms with van der Waals surface area (Å²) >= 11 is 4.18. The van der Waals surface area contributed by atoms with Crippen LogP contribution in [0.25, 0.3) is 0 Å². The first-order valence-electron chi connectivity index (χ1n) is 5.99. The van der Waals surface area contributed by atoms with E-state index in [2.05, 4.69) is 65.1 Å². The zero-order valence-electron chi connectivity index (χ0n) is 11.4. The molecule has 0 rings (SSSR count). The Morgan fingerprint density at radius 1 is 0.600 bits per heavy atom. The molecule has 15 heavy (non-hydrogen) atoms. The molecule has 0 fully saturated rings. The molecule has 0 heterocycles. The molecular formula is C13H28S2. The fraction of sp³-hybridized carbons (Fsp3) is 1.00. The van der Waals surface area contributed by atoms with Gasteiger partial charge in [0.05, 0.1) is 0 Å². The van der Waals surface area contributed by atoms with Crippen molar-refractivity contribution in [2.24, 2.45) is 0 Å². The predicted octanol–water partition coefficient (Wildman–Crippen LogP) is 5.22. The van der Waals surface area contributed by atoms with Crippen LogP contribution in [0.15, 0.2) is 0 Å². The van der Waals surface area contributed by atoms with Crippen LogP contribution in [0.1, 0.15) is 60.8 Å². The molecule has 0 nitrogen and oxygen atoms in total.